The summed E-state index contributed by atoms with van der Waals surface area (Å²) in [6, 6.07) is 0. The first kappa shape index (κ1) is 9.15. The highest BCUT2D eigenvalue weighted by molar-refractivity contribution is 9.09. The molecule has 0 aliphatic carbocycles. The molecular weight excluding hydrogens is 180 g/mol. The topological polar surface area (TPSA) is 17.1 Å². The molecule has 0 aliphatic rings. The number of halogens is 1. The summed E-state index contributed by atoms with van der Waals surface area (Å²) >= 11 is 3.42. The summed E-state index contributed by atoms with van der Waals surface area (Å²) in [5.41, 5.74) is 0. The fourth-order valence-corrected chi connectivity index (χ4v) is 0.803. The monoisotopic (exact) mass is 192 g/mol. The molecule has 2 heteroatoms. The molecule has 0 aromatic carbocycles. The quantitative estimate of drug-likeness (QED) is 0.629. The number of hydrogen-bond acceptors (Lipinski definition) is 1. The van der Waals surface area contributed by atoms with Crippen LogP contribution in [0.3, 0.4) is 0 Å². The Morgan fingerprint density at radius 2 is 2.00 bits per heavy atom. The van der Waals surface area contributed by atoms with Gasteiger partial charge in [0.25, 0.3) is 0 Å². The van der Waals surface area contributed by atoms with Gasteiger partial charge in [-0.2, -0.15) is 0 Å². The minimum Gasteiger partial charge on any atom is -0.300 e. The van der Waals surface area contributed by atoms with Crippen LogP contribution < -0.4 is 0 Å². The van der Waals surface area contributed by atoms with E-state index in [1.807, 2.05) is 0 Å². The second kappa shape index (κ2) is 4.04. The molecule has 54 valence electrons. The molecule has 0 radical (unpaired) electrons. The van der Waals surface area contributed by atoms with Crippen molar-refractivity contribution < 1.29 is 4.79 Å². The summed E-state index contributed by atoms with van der Waals surface area (Å²) in [5, 5.41) is 0. The highest BCUT2D eigenvalue weighted by atomic mass is 79.9. The van der Waals surface area contributed by atoms with Crippen LogP contribution in [0.5, 0.6) is 0 Å². The highest BCUT2D eigenvalue weighted by Gasteiger charge is 2.09. The van der Waals surface area contributed by atoms with Crippen molar-refractivity contribution in [3.63, 3.8) is 0 Å². The molecule has 0 amide bonds. The first-order valence-corrected chi connectivity index (χ1v) is 4.09. The van der Waals surface area contributed by atoms with Crippen LogP contribution in [-0.4, -0.2) is 10.6 Å². The standard InChI is InChI=1S/C7H13BrO/c1-5(7(3)8)4-6(2)9/h5,7H,4H2,1-3H3. The highest BCUT2D eigenvalue weighted by Crippen LogP contribution is 2.15. The van der Waals surface area contributed by atoms with Gasteiger partial charge in [-0.3, -0.25) is 0 Å². The maximum Gasteiger partial charge on any atom is 0.130 e. The van der Waals surface area contributed by atoms with E-state index in [1.165, 1.54) is 0 Å². The van der Waals surface area contributed by atoms with E-state index in [1.54, 1.807) is 6.92 Å². The van der Waals surface area contributed by atoms with Crippen molar-refractivity contribution >= 4 is 21.7 Å². The Hall–Kier alpha value is 0.150. The lowest BCUT2D eigenvalue weighted by Gasteiger charge is -2.10. The summed E-state index contributed by atoms with van der Waals surface area (Å²) in [7, 11) is 0. The molecule has 0 heterocycles. The fourth-order valence-electron chi connectivity index (χ4n) is 0.616. The molecular formula is C7H13BrO. The lowest BCUT2D eigenvalue weighted by molar-refractivity contribution is -0.117. The van der Waals surface area contributed by atoms with Crippen molar-refractivity contribution in [2.24, 2.45) is 5.92 Å². The van der Waals surface area contributed by atoms with E-state index < -0.39 is 0 Å². The second-order valence-electron chi connectivity index (χ2n) is 2.56. The first-order chi connectivity index (χ1) is 4.04. The van der Waals surface area contributed by atoms with Crippen LogP contribution in [0, 0.1) is 5.92 Å². The normalized spacial score (nSPS) is 16.9. The molecule has 1 nitrogen and oxygen atoms in total. The van der Waals surface area contributed by atoms with E-state index >= 15 is 0 Å². The zero-order valence-electron chi connectivity index (χ0n) is 6.15. The van der Waals surface area contributed by atoms with Crippen LogP contribution in [0.25, 0.3) is 0 Å². The molecule has 0 saturated heterocycles. The number of rotatable bonds is 3. The number of Topliss-reactive ketones (excluding diaryl/α,β-unsaturated/α-hetero) is 1. The Bertz CT molecular complexity index is 99.1. The third-order valence-electron chi connectivity index (χ3n) is 1.39. The molecule has 0 fully saturated rings. The molecule has 0 saturated carbocycles. The van der Waals surface area contributed by atoms with E-state index in [2.05, 4.69) is 29.8 Å². The number of carbonyl (C=O) groups is 1. The molecule has 9 heavy (non-hydrogen) atoms. The van der Waals surface area contributed by atoms with Crippen molar-refractivity contribution in [1.82, 2.24) is 0 Å². The van der Waals surface area contributed by atoms with E-state index in [9.17, 15) is 4.79 Å². The van der Waals surface area contributed by atoms with Gasteiger partial charge < -0.3 is 4.79 Å². The van der Waals surface area contributed by atoms with Gasteiger partial charge in [0.2, 0.25) is 0 Å². The third-order valence-corrected chi connectivity index (χ3v) is 2.30. The van der Waals surface area contributed by atoms with Crippen LogP contribution in [0.2, 0.25) is 0 Å². The second-order valence-corrected chi connectivity index (χ2v) is 4.01. The zero-order valence-corrected chi connectivity index (χ0v) is 7.73. The van der Waals surface area contributed by atoms with Crippen LogP contribution in [0.1, 0.15) is 27.2 Å². The van der Waals surface area contributed by atoms with Gasteiger partial charge in [-0.1, -0.05) is 29.8 Å². The number of hydrogen-bond donors (Lipinski definition) is 0. The Morgan fingerprint density at radius 1 is 1.56 bits per heavy atom. The molecule has 0 N–H and O–H groups in total. The van der Waals surface area contributed by atoms with Gasteiger partial charge in [0, 0.05) is 11.2 Å². The number of ketones is 1. The summed E-state index contributed by atoms with van der Waals surface area (Å²) in [6.07, 6.45) is 0.687. The Morgan fingerprint density at radius 3 is 2.11 bits per heavy atom. The minimum absolute atomic E-state index is 0.272. The third kappa shape index (κ3) is 4.64. The van der Waals surface area contributed by atoms with Gasteiger partial charge in [0.05, 0.1) is 0 Å². The summed E-state index contributed by atoms with van der Waals surface area (Å²) in [4.78, 5) is 11.0. The fraction of sp³-hybridized carbons (Fsp3) is 0.857. The van der Waals surface area contributed by atoms with Crippen LogP contribution in [0.15, 0.2) is 0 Å². The Labute approximate surface area is 65.0 Å². The number of alkyl halides is 1. The van der Waals surface area contributed by atoms with Crippen LogP contribution in [-0.2, 0) is 4.79 Å². The maximum absolute atomic E-state index is 10.5. The molecule has 0 aliphatic heterocycles. The predicted octanol–water partition coefficient (Wildman–Crippen LogP) is 2.39. The van der Waals surface area contributed by atoms with Crippen molar-refractivity contribution in [2.45, 2.75) is 32.0 Å². The molecule has 0 aromatic heterocycles. The molecule has 0 spiro atoms. The van der Waals surface area contributed by atoms with Crippen molar-refractivity contribution in [2.75, 3.05) is 0 Å². The van der Waals surface area contributed by atoms with Gasteiger partial charge in [0.1, 0.15) is 5.78 Å². The van der Waals surface area contributed by atoms with Gasteiger partial charge in [-0.05, 0) is 12.8 Å². The van der Waals surface area contributed by atoms with E-state index in [4.69, 9.17) is 0 Å². The van der Waals surface area contributed by atoms with E-state index in [0.29, 0.717) is 17.2 Å². The predicted molar refractivity (Wildman–Crippen MR) is 42.9 cm³/mol. The van der Waals surface area contributed by atoms with Gasteiger partial charge in [-0.25, -0.2) is 0 Å². The lowest BCUT2D eigenvalue weighted by atomic mass is 10.0. The Kier molecular flexibility index (Phi) is 4.11. The van der Waals surface area contributed by atoms with Crippen LogP contribution in [0.4, 0.5) is 0 Å². The van der Waals surface area contributed by atoms with E-state index in [-0.39, 0.29) is 5.78 Å². The van der Waals surface area contributed by atoms with Gasteiger partial charge >= 0.3 is 0 Å². The summed E-state index contributed by atoms with van der Waals surface area (Å²) in [6.45, 7) is 5.76. The number of carbonyl (C=O) groups excluding carboxylic acids is 1. The largest absolute Gasteiger partial charge is 0.300 e. The van der Waals surface area contributed by atoms with Gasteiger partial charge in [0.15, 0.2) is 0 Å². The minimum atomic E-state index is 0.272. The molecule has 2 atom stereocenters. The molecule has 0 rings (SSSR count). The van der Waals surface area contributed by atoms with Crippen molar-refractivity contribution in [3.05, 3.63) is 0 Å². The van der Waals surface area contributed by atoms with Crippen LogP contribution >= 0.6 is 15.9 Å². The average molecular weight is 193 g/mol. The maximum atomic E-state index is 10.5. The first-order valence-electron chi connectivity index (χ1n) is 3.17. The van der Waals surface area contributed by atoms with Crippen molar-refractivity contribution in [1.29, 1.82) is 0 Å². The van der Waals surface area contributed by atoms with Gasteiger partial charge in [-0.15, -0.1) is 0 Å². The SMILES string of the molecule is CC(=O)CC(C)C(C)Br. The molecule has 2 unspecified atom stereocenters. The molecule has 0 bridgehead atoms. The van der Waals surface area contributed by atoms with Crippen molar-refractivity contribution in [3.8, 4) is 0 Å². The summed E-state index contributed by atoms with van der Waals surface area (Å²) < 4.78 is 0. The zero-order chi connectivity index (χ0) is 7.44. The molecule has 0 aromatic rings. The lowest BCUT2D eigenvalue weighted by Crippen LogP contribution is -2.10. The smallest absolute Gasteiger partial charge is 0.130 e. The van der Waals surface area contributed by atoms with E-state index in [0.717, 1.165) is 0 Å². The Balaban J connectivity index is 3.50. The average Bonchev–Trinajstić information content (AvgIpc) is 1.63. The summed E-state index contributed by atoms with van der Waals surface area (Å²) in [5.74, 6) is 0.733.